The van der Waals surface area contributed by atoms with Gasteiger partial charge in [-0.3, -0.25) is 9.78 Å². The minimum atomic E-state index is 0. The molecule has 1 saturated heterocycles. The molecule has 2 aliphatic rings. The van der Waals surface area contributed by atoms with Crippen LogP contribution in [-0.4, -0.2) is 40.1 Å². The first-order chi connectivity index (χ1) is 10.2. The van der Waals surface area contributed by atoms with E-state index in [2.05, 4.69) is 16.0 Å². The van der Waals surface area contributed by atoms with Gasteiger partial charge in [-0.15, -0.1) is 24.8 Å². The molecule has 126 valence electrons. The molecule has 0 bridgehead atoms. The van der Waals surface area contributed by atoms with Gasteiger partial charge >= 0.3 is 0 Å². The van der Waals surface area contributed by atoms with Crippen molar-refractivity contribution in [3.05, 3.63) is 40.3 Å². The summed E-state index contributed by atoms with van der Waals surface area (Å²) in [6, 6.07) is 5.89. The molecular weight excluding hydrogens is 335 g/mol. The number of nitrogens with two attached hydrogens (primary N) is 1. The van der Waals surface area contributed by atoms with Gasteiger partial charge in [-0.1, -0.05) is 0 Å². The highest BCUT2D eigenvalue weighted by molar-refractivity contribution is 5.85. The van der Waals surface area contributed by atoms with Crippen LogP contribution in [0, 0.1) is 0 Å². The number of halogens is 2. The maximum absolute atomic E-state index is 12.1. The molecule has 2 N–H and O–H groups in total. The van der Waals surface area contributed by atoms with Crippen LogP contribution in [0.15, 0.2) is 29.2 Å². The second kappa shape index (κ2) is 7.18. The van der Waals surface area contributed by atoms with Gasteiger partial charge in [0.1, 0.15) is 0 Å². The Morgan fingerprint density at radius 2 is 1.91 bits per heavy atom. The van der Waals surface area contributed by atoms with Gasteiger partial charge in [0.05, 0.1) is 11.0 Å². The highest BCUT2D eigenvalue weighted by atomic mass is 35.5. The Hall–Kier alpha value is -1.14. The van der Waals surface area contributed by atoms with Gasteiger partial charge in [0.15, 0.2) is 0 Å². The van der Waals surface area contributed by atoms with Gasteiger partial charge in [0.2, 0.25) is 0 Å². The fourth-order valence-corrected chi connectivity index (χ4v) is 3.68. The van der Waals surface area contributed by atoms with E-state index >= 15 is 0 Å². The minimum Gasteiger partial charge on any atom is -0.328 e. The van der Waals surface area contributed by atoms with Gasteiger partial charge in [0.25, 0.3) is 5.56 Å². The molecule has 0 aromatic carbocycles. The second-order valence-electron chi connectivity index (χ2n) is 6.25. The van der Waals surface area contributed by atoms with Gasteiger partial charge < -0.3 is 15.2 Å². The maximum atomic E-state index is 12.1. The largest absolute Gasteiger partial charge is 0.328 e. The SMILES string of the molecule is Cl.Cl.NC1CCN(CC2Cn3c(=O)ccc4nccc2c43)CC1. The lowest BCUT2D eigenvalue weighted by Crippen LogP contribution is -2.41. The van der Waals surface area contributed by atoms with Crippen LogP contribution in [0.2, 0.25) is 0 Å². The first-order valence-electron chi connectivity index (χ1n) is 7.69. The highest BCUT2D eigenvalue weighted by Crippen LogP contribution is 2.32. The monoisotopic (exact) mass is 356 g/mol. The Morgan fingerprint density at radius 3 is 2.65 bits per heavy atom. The number of piperidine rings is 1. The van der Waals surface area contributed by atoms with Crippen LogP contribution in [0.1, 0.15) is 24.3 Å². The number of hydrogen-bond acceptors (Lipinski definition) is 4. The molecule has 1 atom stereocenters. The van der Waals surface area contributed by atoms with E-state index in [0.717, 1.165) is 50.1 Å². The molecule has 0 saturated carbocycles. The summed E-state index contributed by atoms with van der Waals surface area (Å²) in [7, 11) is 0. The molecule has 4 heterocycles. The third-order valence-electron chi connectivity index (χ3n) is 4.86. The minimum absolute atomic E-state index is 0. The van der Waals surface area contributed by atoms with Gasteiger partial charge in [-0.05, 0) is 43.6 Å². The topological polar surface area (TPSA) is 64.2 Å². The number of rotatable bonds is 2. The van der Waals surface area contributed by atoms with E-state index < -0.39 is 0 Å². The van der Waals surface area contributed by atoms with Crippen molar-refractivity contribution in [3.63, 3.8) is 0 Å². The van der Waals surface area contributed by atoms with Crippen LogP contribution in [0.4, 0.5) is 0 Å². The first-order valence-corrected chi connectivity index (χ1v) is 7.69. The number of likely N-dealkylation sites (tertiary alicyclic amines) is 1. The fourth-order valence-electron chi connectivity index (χ4n) is 3.68. The Kier molecular flexibility index (Phi) is 5.68. The molecule has 0 aliphatic carbocycles. The number of aromatic nitrogens is 2. The van der Waals surface area contributed by atoms with E-state index in [-0.39, 0.29) is 30.4 Å². The molecule has 0 radical (unpaired) electrons. The van der Waals surface area contributed by atoms with E-state index in [1.807, 2.05) is 16.8 Å². The van der Waals surface area contributed by atoms with Crippen molar-refractivity contribution in [2.75, 3.05) is 19.6 Å². The van der Waals surface area contributed by atoms with Crippen molar-refractivity contribution in [1.82, 2.24) is 14.5 Å². The van der Waals surface area contributed by atoms with E-state index in [1.165, 1.54) is 5.56 Å². The third-order valence-corrected chi connectivity index (χ3v) is 4.86. The number of nitrogens with zero attached hydrogens (tertiary/aromatic N) is 3. The Morgan fingerprint density at radius 1 is 1.17 bits per heavy atom. The molecule has 4 rings (SSSR count). The standard InChI is InChI=1S/C16H20N4O.2ClH/c17-12-4-7-19(8-5-12)9-11-10-20-15(21)2-1-14-16(20)13(11)3-6-18-14;;/h1-3,6,11-12H,4-5,7-10,17H2;2*1H. The first kappa shape index (κ1) is 18.2. The summed E-state index contributed by atoms with van der Waals surface area (Å²) in [5, 5.41) is 0. The number of hydrogen-bond donors (Lipinski definition) is 1. The lowest BCUT2D eigenvalue weighted by atomic mass is 9.99. The summed E-state index contributed by atoms with van der Waals surface area (Å²) in [6.07, 6.45) is 4.01. The fraction of sp³-hybridized carbons (Fsp3) is 0.500. The van der Waals surface area contributed by atoms with Crippen molar-refractivity contribution in [1.29, 1.82) is 0 Å². The highest BCUT2D eigenvalue weighted by Gasteiger charge is 2.28. The Balaban J connectivity index is 0.000000960. The van der Waals surface area contributed by atoms with Gasteiger partial charge in [-0.25, -0.2) is 0 Å². The van der Waals surface area contributed by atoms with Crippen LogP contribution >= 0.6 is 24.8 Å². The van der Waals surface area contributed by atoms with Crippen molar-refractivity contribution in [3.8, 4) is 0 Å². The Labute approximate surface area is 147 Å². The quantitative estimate of drug-likeness (QED) is 0.890. The molecular formula is C16H22Cl2N4O. The normalized spacial score (nSPS) is 21.0. The van der Waals surface area contributed by atoms with Crippen LogP contribution in [0.3, 0.4) is 0 Å². The smallest absolute Gasteiger partial charge is 0.251 e. The summed E-state index contributed by atoms with van der Waals surface area (Å²) in [5.41, 5.74) is 9.29. The molecule has 2 aromatic rings. The van der Waals surface area contributed by atoms with Crippen molar-refractivity contribution in [2.45, 2.75) is 31.3 Å². The van der Waals surface area contributed by atoms with Crippen molar-refractivity contribution >= 4 is 35.8 Å². The molecule has 0 spiro atoms. The summed E-state index contributed by atoms with van der Waals surface area (Å²) < 4.78 is 1.89. The van der Waals surface area contributed by atoms with Crippen LogP contribution in [0.5, 0.6) is 0 Å². The molecule has 7 heteroatoms. The lowest BCUT2D eigenvalue weighted by Gasteiger charge is -2.32. The Bertz CT molecular complexity index is 740. The van der Waals surface area contributed by atoms with E-state index in [1.54, 1.807) is 6.07 Å². The summed E-state index contributed by atoms with van der Waals surface area (Å²) in [6.45, 7) is 3.92. The third kappa shape index (κ3) is 3.24. The zero-order valence-electron chi connectivity index (χ0n) is 12.9. The van der Waals surface area contributed by atoms with E-state index in [9.17, 15) is 4.79 Å². The maximum Gasteiger partial charge on any atom is 0.251 e. The average Bonchev–Trinajstić information content (AvgIpc) is 2.86. The zero-order chi connectivity index (χ0) is 14.4. The molecule has 0 amide bonds. The summed E-state index contributed by atoms with van der Waals surface area (Å²) >= 11 is 0. The van der Waals surface area contributed by atoms with Gasteiger partial charge in [0, 0.05) is 37.3 Å². The predicted molar refractivity (Wildman–Crippen MR) is 96.9 cm³/mol. The van der Waals surface area contributed by atoms with E-state index in [0.29, 0.717) is 12.0 Å². The molecule has 23 heavy (non-hydrogen) atoms. The van der Waals surface area contributed by atoms with Gasteiger partial charge in [-0.2, -0.15) is 0 Å². The van der Waals surface area contributed by atoms with E-state index in [4.69, 9.17) is 5.73 Å². The van der Waals surface area contributed by atoms with Crippen LogP contribution in [0.25, 0.3) is 11.0 Å². The zero-order valence-corrected chi connectivity index (χ0v) is 14.5. The molecule has 1 fully saturated rings. The van der Waals surface area contributed by atoms with Crippen LogP contribution < -0.4 is 11.3 Å². The summed E-state index contributed by atoms with van der Waals surface area (Å²) in [5.74, 6) is 0.389. The molecule has 2 aromatic heterocycles. The van der Waals surface area contributed by atoms with Crippen molar-refractivity contribution in [2.24, 2.45) is 5.73 Å². The molecule has 2 aliphatic heterocycles. The summed E-state index contributed by atoms with van der Waals surface area (Å²) in [4.78, 5) is 19.0. The number of pyridine rings is 2. The second-order valence-corrected chi connectivity index (χ2v) is 6.25. The van der Waals surface area contributed by atoms with Crippen molar-refractivity contribution < 1.29 is 0 Å². The average molecular weight is 357 g/mol. The predicted octanol–water partition coefficient (Wildman–Crippen LogP) is 1.76. The molecule has 5 nitrogen and oxygen atoms in total. The molecule has 1 unspecified atom stereocenters. The lowest BCUT2D eigenvalue weighted by molar-refractivity contribution is 0.199. The van der Waals surface area contributed by atoms with Crippen LogP contribution in [-0.2, 0) is 6.54 Å².